The molecule has 2 heteroatoms. The predicted octanol–water partition coefficient (Wildman–Crippen LogP) is 8.79. The van der Waals surface area contributed by atoms with E-state index in [2.05, 4.69) is 19.2 Å². The summed E-state index contributed by atoms with van der Waals surface area (Å²) in [7, 11) is 0. The fraction of sp³-hybridized carbons (Fsp3) is 0.960. The number of hydrogen-bond acceptors (Lipinski definition) is 1. The van der Waals surface area contributed by atoms with Crippen molar-refractivity contribution in [3.63, 3.8) is 0 Å². The van der Waals surface area contributed by atoms with Crippen LogP contribution in [0.5, 0.6) is 0 Å². The molecular weight excluding hydrogens is 328 g/mol. The van der Waals surface area contributed by atoms with Gasteiger partial charge in [-0.25, -0.2) is 0 Å². The van der Waals surface area contributed by atoms with Crippen molar-refractivity contribution in [1.82, 2.24) is 5.32 Å². The topological polar surface area (TPSA) is 35.9 Å². The average molecular weight is 381 g/mol. The lowest BCUT2D eigenvalue weighted by Crippen LogP contribution is -2.22. The van der Waals surface area contributed by atoms with Gasteiger partial charge in [0.1, 0.15) is 0 Å². The maximum absolute atomic E-state index is 7.79. The first kappa shape index (κ1) is 26.5. The van der Waals surface area contributed by atoms with Crippen LogP contribution in [0.1, 0.15) is 149 Å². The Bertz CT molecular complexity index is 288. The fourth-order valence-electron chi connectivity index (χ4n) is 3.74. The van der Waals surface area contributed by atoms with Crippen LogP contribution in [-0.4, -0.2) is 12.4 Å². The first-order chi connectivity index (χ1) is 13.3. The first-order valence-electron chi connectivity index (χ1n) is 12.6. The summed E-state index contributed by atoms with van der Waals surface area (Å²) in [5.41, 5.74) is 0. The molecule has 0 amide bonds. The van der Waals surface area contributed by atoms with Crippen LogP contribution in [0.4, 0.5) is 0 Å². The zero-order valence-corrected chi connectivity index (χ0v) is 19.1. The molecule has 0 spiro atoms. The second-order valence-electron chi connectivity index (χ2n) is 8.52. The third kappa shape index (κ3) is 23.4. The van der Waals surface area contributed by atoms with Crippen LogP contribution in [-0.2, 0) is 0 Å². The maximum atomic E-state index is 7.79. The number of unbranched alkanes of at least 4 members (excludes halogenated alkanes) is 18. The highest BCUT2D eigenvalue weighted by Gasteiger charge is 1.97. The average Bonchev–Trinajstić information content (AvgIpc) is 2.68. The minimum absolute atomic E-state index is 0.740. The van der Waals surface area contributed by atoms with Gasteiger partial charge in [-0.05, 0) is 12.8 Å². The van der Waals surface area contributed by atoms with Crippen LogP contribution in [0, 0.1) is 5.41 Å². The minimum Gasteiger partial charge on any atom is -0.374 e. The lowest BCUT2D eigenvalue weighted by molar-refractivity contribution is 0.523. The van der Waals surface area contributed by atoms with E-state index in [1.54, 1.807) is 0 Å². The Balaban J connectivity index is 3.04. The van der Waals surface area contributed by atoms with E-state index < -0.39 is 0 Å². The van der Waals surface area contributed by atoms with Crippen molar-refractivity contribution in [2.75, 3.05) is 6.54 Å². The summed E-state index contributed by atoms with van der Waals surface area (Å²) < 4.78 is 0. The normalized spacial score (nSPS) is 11.0. The Kier molecular flexibility index (Phi) is 23.0. The molecule has 2 N–H and O–H groups in total. The van der Waals surface area contributed by atoms with Gasteiger partial charge in [-0.1, -0.05) is 129 Å². The van der Waals surface area contributed by atoms with E-state index in [4.69, 9.17) is 5.41 Å². The van der Waals surface area contributed by atoms with Crippen LogP contribution in [0.25, 0.3) is 0 Å². The highest BCUT2D eigenvalue weighted by Crippen LogP contribution is 2.14. The summed E-state index contributed by atoms with van der Waals surface area (Å²) in [6.45, 7) is 5.40. The molecule has 0 rings (SSSR count). The molecule has 0 fully saturated rings. The largest absolute Gasteiger partial charge is 0.374 e. The third-order valence-corrected chi connectivity index (χ3v) is 5.62. The van der Waals surface area contributed by atoms with Gasteiger partial charge in [-0.3, -0.25) is 5.41 Å². The number of rotatable bonds is 22. The van der Waals surface area contributed by atoms with Gasteiger partial charge >= 0.3 is 0 Å². The van der Waals surface area contributed by atoms with Gasteiger partial charge in [0.15, 0.2) is 0 Å². The SMILES string of the molecule is CCCCCCCCCCCCCCCCCCCCCC(=N)NCCC. The molecule has 0 aromatic heterocycles. The standard InChI is InChI=1S/C25H52N2/c1-3-5-6-7-8-9-10-11-12-13-14-15-16-17-18-19-20-21-22-23-25(26)27-24-4-2/h3-24H2,1-2H3,(H2,26,27). The van der Waals surface area contributed by atoms with E-state index in [0.717, 1.165) is 25.2 Å². The molecule has 0 saturated heterocycles. The van der Waals surface area contributed by atoms with Crippen LogP contribution in [0.2, 0.25) is 0 Å². The zero-order chi connectivity index (χ0) is 19.8. The Morgan fingerprint density at radius 3 is 1.15 bits per heavy atom. The van der Waals surface area contributed by atoms with Crippen molar-refractivity contribution in [2.45, 2.75) is 149 Å². The van der Waals surface area contributed by atoms with E-state index in [1.165, 1.54) is 122 Å². The van der Waals surface area contributed by atoms with Crippen molar-refractivity contribution in [3.05, 3.63) is 0 Å². The molecular formula is C25H52N2. The van der Waals surface area contributed by atoms with E-state index in [9.17, 15) is 0 Å². The highest BCUT2D eigenvalue weighted by atomic mass is 14.9. The molecule has 27 heavy (non-hydrogen) atoms. The Hall–Kier alpha value is -0.530. The molecule has 0 atom stereocenters. The Morgan fingerprint density at radius 2 is 0.815 bits per heavy atom. The molecule has 0 aliphatic rings. The quantitative estimate of drug-likeness (QED) is 0.110. The van der Waals surface area contributed by atoms with Crippen molar-refractivity contribution in [3.8, 4) is 0 Å². The van der Waals surface area contributed by atoms with Crippen molar-refractivity contribution in [1.29, 1.82) is 5.41 Å². The molecule has 0 saturated carbocycles. The molecule has 0 unspecified atom stereocenters. The number of nitrogens with one attached hydrogen (secondary N) is 2. The fourth-order valence-corrected chi connectivity index (χ4v) is 3.74. The Morgan fingerprint density at radius 1 is 0.481 bits per heavy atom. The van der Waals surface area contributed by atoms with Crippen LogP contribution >= 0.6 is 0 Å². The second-order valence-corrected chi connectivity index (χ2v) is 8.52. The van der Waals surface area contributed by atoms with E-state index in [-0.39, 0.29) is 0 Å². The van der Waals surface area contributed by atoms with Gasteiger partial charge in [0, 0.05) is 13.0 Å². The Labute approximate surface area is 172 Å². The molecule has 162 valence electrons. The van der Waals surface area contributed by atoms with Gasteiger partial charge in [0.05, 0.1) is 5.84 Å². The number of hydrogen-bond donors (Lipinski definition) is 2. The smallest absolute Gasteiger partial charge is 0.0931 e. The molecule has 0 aromatic carbocycles. The number of amidine groups is 1. The molecule has 0 aliphatic carbocycles. The minimum atomic E-state index is 0.740. The van der Waals surface area contributed by atoms with E-state index in [0.29, 0.717) is 0 Å². The molecule has 0 aromatic rings. The third-order valence-electron chi connectivity index (χ3n) is 5.62. The van der Waals surface area contributed by atoms with E-state index in [1.807, 2.05) is 0 Å². The second kappa shape index (κ2) is 23.5. The molecule has 0 aliphatic heterocycles. The van der Waals surface area contributed by atoms with Crippen molar-refractivity contribution < 1.29 is 0 Å². The maximum Gasteiger partial charge on any atom is 0.0931 e. The first-order valence-corrected chi connectivity index (χ1v) is 12.6. The monoisotopic (exact) mass is 380 g/mol. The summed E-state index contributed by atoms with van der Waals surface area (Å²) in [6, 6.07) is 0. The molecule has 0 heterocycles. The predicted molar refractivity (Wildman–Crippen MR) is 124 cm³/mol. The van der Waals surface area contributed by atoms with Crippen LogP contribution in [0.15, 0.2) is 0 Å². The molecule has 0 bridgehead atoms. The van der Waals surface area contributed by atoms with Gasteiger partial charge in [0.25, 0.3) is 0 Å². The zero-order valence-electron chi connectivity index (χ0n) is 19.1. The van der Waals surface area contributed by atoms with Crippen molar-refractivity contribution >= 4 is 5.84 Å². The highest BCUT2D eigenvalue weighted by molar-refractivity contribution is 5.78. The van der Waals surface area contributed by atoms with Gasteiger partial charge in [-0.2, -0.15) is 0 Å². The van der Waals surface area contributed by atoms with Gasteiger partial charge in [0.2, 0.25) is 0 Å². The lowest BCUT2D eigenvalue weighted by atomic mass is 10.0. The summed E-state index contributed by atoms with van der Waals surface area (Å²) in [4.78, 5) is 0. The summed E-state index contributed by atoms with van der Waals surface area (Å²) >= 11 is 0. The van der Waals surface area contributed by atoms with Crippen LogP contribution in [0.3, 0.4) is 0 Å². The lowest BCUT2D eigenvalue weighted by Gasteiger charge is -2.06. The van der Waals surface area contributed by atoms with Gasteiger partial charge in [-0.15, -0.1) is 0 Å². The molecule has 2 nitrogen and oxygen atoms in total. The summed E-state index contributed by atoms with van der Waals surface area (Å²) in [5.74, 6) is 0.740. The summed E-state index contributed by atoms with van der Waals surface area (Å²) in [6.07, 6.45) is 29.1. The van der Waals surface area contributed by atoms with E-state index >= 15 is 0 Å². The van der Waals surface area contributed by atoms with Crippen molar-refractivity contribution in [2.24, 2.45) is 0 Å². The van der Waals surface area contributed by atoms with Crippen LogP contribution < -0.4 is 5.32 Å². The molecule has 0 radical (unpaired) electrons. The summed E-state index contributed by atoms with van der Waals surface area (Å²) in [5, 5.41) is 11.0. The van der Waals surface area contributed by atoms with Gasteiger partial charge < -0.3 is 5.32 Å².